The molecule has 1 heterocycles. The van der Waals surface area contributed by atoms with Gasteiger partial charge < -0.3 is 5.32 Å². The van der Waals surface area contributed by atoms with E-state index < -0.39 is 0 Å². The summed E-state index contributed by atoms with van der Waals surface area (Å²) in [5, 5.41) is 2.84. The van der Waals surface area contributed by atoms with Crippen molar-refractivity contribution in [2.75, 3.05) is 0 Å². The summed E-state index contributed by atoms with van der Waals surface area (Å²) in [6.45, 7) is 2.50. The number of ketones is 1. The van der Waals surface area contributed by atoms with Crippen LogP contribution in [0.4, 0.5) is 0 Å². The van der Waals surface area contributed by atoms with E-state index in [1.807, 2.05) is 31.2 Å². The van der Waals surface area contributed by atoms with Gasteiger partial charge in [-0.25, -0.2) is 0 Å². The Kier molecular flexibility index (Phi) is 5.53. The van der Waals surface area contributed by atoms with Gasteiger partial charge in [-0.3, -0.25) is 9.59 Å². The molecule has 0 spiro atoms. The lowest BCUT2D eigenvalue weighted by atomic mass is 10.1. The van der Waals surface area contributed by atoms with E-state index in [-0.39, 0.29) is 24.5 Å². The largest absolute Gasteiger partial charge is 0.352 e. The van der Waals surface area contributed by atoms with Crippen LogP contribution in [0.2, 0.25) is 4.34 Å². The van der Waals surface area contributed by atoms with Crippen LogP contribution in [0.3, 0.4) is 0 Å². The van der Waals surface area contributed by atoms with Crippen molar-refractivity contribution >= 4 is 34.6 Å². The fourth-order valence-corrected chi connectivity index (χ4v) is 2.92. The lowest BCUT2D eigenvalue weighted by Crippen LogP contribution is -2.23. The van der Waals surface area contributed by atoms with Crippen LogP contribution in [0.1, 0.15) is 33.6 Å². The number of thiophene rings is 1. The Morgan fingerprint density at radius 2 is 1.90 bits per heavy atom. The Balaban J connectivity index is 1.78. The molecule has 0 aliphatic rings. The van der Waals surface area contributed by atoms with Crippen molar-refractivity contribution in [2.45, 2.75) is 26.3 Å². The van der Waals surface area contributed by atoms with Crippen molar-refractivity contribution in [3.05, 3.63) is 56.7 Å². The summed E-state index contributed by atoms with van der Waals surface area (Å²) in [6, 6.07) is 11.3. The molecule has 0 unspecified atom stereocenters. The van der Waals surface area contributed by atoms with Gasteiger partial charge in [-0.1, -0.05) is 35.9 Å². The van der Waals surface area contributed by atoms with Gasteiger partial charge >= 0.3 is 0 Å². The second kappa shape index (κ2) is 7.38. The number of amides is 1. The molecule has 1 amide bonds. The van der Waals surface area contributed by atoms with Gasteiger partial charge in [0, 0.05) is 19.4 Å². The summed E-state index contributed by atoms with van der Waals surface area (Å²) >= 11 is 7.03. The number of aryl methyl sites for hydroxylation is 1. The van der Waals surface area contributed by atoms with E-state index in [0.717, 1.165) is 11.1 Å². The summed E-state index contributed by atoms with van der Waals surface area (Å²) < 4.78 is 0.586. The number of halogens is 1. The SMILES string of the molecule is Cc1ccccc1CNC(=O)CCC(=O)c1ccc(Cl)s1. The third-order valence-electron chi connectivity index (χ3n) is 3.16. The average molecular weight is 322 g/mol. The topological polar surface area (TPSA) is 46.2 Å². The van der Waals surface area contributed by atoms with Crippen LogP contribution in [0, 0.1) is 6.92 Å². The Hall–Kier alpha value is -1.65. The lowest BCUT2D eigenvalue weighted by Gasteiger charge is -2.07. The van der Waals surface area contributed by atoms with Crippen LogP contribution < -0.4 is 5.32 Å². The van der Waals surface area contributed by atoms with Crippen LogP contribution in [0.5, 0.6) is 0 Å². The fourth-order valence-electron chi connectivity index (χ4n) is 1.91. The summed E-state index contributed by atoms with van der Waals surface area (Å²) in [5.74, 6) is -0.160. The van der Waals surface area contributed by atoms with Crippen molar-refractivity contribution in [1.29, 1.82) is 0 Å². The Bertz CT molecular complexity index is 651. The van der Waals surface area contributed by atoms with Gasteiger partial charge in [0.1, 0.15) is 0 Å². The first kappa shape index (κ1) is 15.7. The highest BCUT2D eigenvalue weighted by Gasteiger charge is 2.11. The molecule has 0 radical (unpaired) electrons. The van der Waals surface area contributed by atoms with Crippen LogP contribution in [-0.2, 0) is 11.3 Å². The lowest BCUT2D eigenvalue weighted by molar-refractivity contribution is -0.121. The van der Waals surface area contributed by atoms with Crippen molar-refractivity contribution in [1.82, 2.24) is 5.32 Å². The first-order valence-corrected chi connectivity index (χ1v) is 7.85. The number of hydrogen-bond acceptors (Lipinski definition) is 3. The van der Waals surface area contributed by atoms with E-state index in [4.69, 9.17) is 11.6 Å². The zero-order valence-corrected chi connectivity index (χ0v) is 13.3. The molecule has 0 bridgehead atoms. The smallest absolute Gasteiger partial charge is 0.220 e. The maximum Gasteiger partial charge on any atom is 0.220 e. The summed E-state index contributed by atoms with van der Waals surface area (Å²) in [6.07, 6.45) is 0.399. The number of benzene rings is 1. The Morgan fingerprint density at radius 1 is 1.14 bits per heavy atom. The van der Waals surface area contributed by atoms with E-state index in [0.29, 0.717) is 15.8 Å². The molecule has 1 aromatic heterocycles. The van der Waals surface area contributed by atoms with Gasteiger partial charge in [-0.2, -0.15) is 0 Å². The quantitative estimate of drug-likeness (QED) is 0.818. The number of hydrogen-bond donors (Lipinski definition) is 1. The predicted molar refractivity (Wildman–Crippen MR) is 85.9 cm³/mol. The van der Waals surface area contributed by atoms with Crippen LogP contribution in [0.25, 0.3) is 0 Å². The molecule has 5 heteroatoms. The first-order chi connectivity index (χ1) is 10.1. The van der Waals surface area contributed by atoms with Crippen LogP contribution in [0.15, 0.2) is 36.4 Å². The van der Waals surface area contributed by atoms with Gasteiger partial charge in [0.15, 0.2) is 5.78 Å². The molecule has 0 saturated heterocycles. The van der Waals surface area contributed by atoms with E-state index in [2.05, 4.69) is 5.32 Å². The highest BCUT2D eigenvalue weighted by molar-refractivity contribution is 7.18. The third kappa shape index (κ3) is 4.69. The Labute approximate surface area is 132 Å². The van der Waals surface area contributed by atoms with Gasteiger partial charge in [0.25, 0.3) is 0 Å². The van der Waals surface area contributed by atoms with Crippen molar-refractivity contribution < 1.29 is 9.59 Å². The maximum absolute atomic E-state index is 11.9. The molecule has 2 aromatic rings. The zero-order chi connectivity index (χ0) is 15.2. The number of carbonyl (C=O) groups is 2. The monoisotopic (exact) mass is 321 g/mol. The minimum atomic E-state index is -0.116. The van der Waals surface area contributed by atoms with E-state index in [9.17, 15) is 9.59 Å². The van der Waals surface area contributed by atoms with Crippen molar-refractivity contribution in [2.24, 2.45) is 0 Å². The molecule has 1 N–H and O–H groups in total. The van der Waals surface area contributed by atoms with E-state index >= 15 is 0 Å². The Morgan fingerprint density at radius 3 is 2.57 bits per heavy atom. The summed E-state index contributed by atoms with van der Waals surface area (Å²) in [5.41, 5.74) is 2.23. The number of nitrogens with one attached hydrogen (secondary N) is 1. The standard InChI is InChI=1S/C16H16ClNO2S/c1-11-4-2-3-5-12(11)10-18-16(20)9-6-13(19)14-7-8-15(17)21-14/h2-5,7-8H,6,9-10H2,1H3,(H,18,20). The molecular formula is C16H16ClNO2S. The minimum Gasteiger partial charge on any atom is -0.352 e. The third-order valence-corrected chi connectivity index (χ3v) is 4.44. The van der Waals surface area contributed by atoms with Gasteiger partial charge in [-0.15, -0.1) is 11.3 Å². The predicted octanol–water partition coefficient (Wildman–Crippen LogP) is 3.99. The second-order valence-corrected chi connectivity index (χ2v) is 6.45. The first-order valence-electron chi connectivity index (χ1n) is 6.66. The molecule has 1 aromatic carbocycles. The molecule has 0 aliphatic carbocycles. The summed E-state index contributed by atoms with van der Waals surface area (Å²) in [4.78, 5) is 24.2. The zero-order valence-electron chi connectivity index (χ0n) is 11.7. The number of Topliss-reactive ketones (excluding diaryl/α,β-unsaturated/α-hetero) is 1. The minimum absolute atomic E-state index is 0.0436. The summed E-state index contributed by atoms with van der Waals surface area (Å²) in [7, 11) is 0. The molecule has 0 fully saturated rings. The second-order valence-electron chi connectivity index (χ2n) is 4.73. The van der Waals surface area contributed by atoms with Crippen LogP contribution in [-0.4, -0.2) is 11.7 Å². The molecular weight excluding hydrogens is 306 g/mol. The molecule has 21 heavy (non-hydrogen) atoms. The molecule has 0 saturated carbocycles. The average Bonchev–Trinajstić information content (AvgIpc) is 2.90. The fraction of sp³-hybridized carbons (Fsp3) is 0.250. The van der Waals surface area contributed by atoms with Gasteiger partial charge in [0.2, 0.25) is 5.91 Å². The molecule has 0 aliphatic heterocycles. The van der Waals surface area contributed by atoms with Gasteiger partial charge in [0.05, 0.1) is 9.21 Å². The van der Waals surface area contributed by atoms with Crippen LogP contribution >= 0.6 is 22.9 Å². The maximum atomic E-state index is 11.9. The molecule has 110 valence electrons. The highest BCUT2D eigenvalue weighted by Crippen LogP contribution is 2.22. The molecule has 3 nitrogen and oxygen atoms in total. The van der Waals surface area contributed by atoms with Crippen molar-refractivity contribution in [3.63, 3.8) is 0 Å². The molecule has 0 atom stereocenters. The van der Waals surface area contributed by atoms with E-state index in [1.54, 1.807) is 12.1 Å². The van der Waals surface area contributed by atoms with E-state index in [1.165, 1.54) is 11.3 Å². The highest BCUT2D eigenvalue weighted by atomic mass is 35.5. The number of rotatable bonds is 6. The number of carbonyl (C=O) groups excluding carboxylic acids is 2. The van der Waals surface area contributed by atoms with Gasteiger partial charge in [-0.05, 0) is 30.2 Å². The normalized spacial score (nSPS) is 10.4. The molecule has 2 rings (SSSR count). The van der Waals surface area contributed by atoms with Crippen molar-refractivity contribution in [3.8, 4) is 0 Å².